The quantitative estimate of drug-likeness (QED) is 0.0321. The normalized spacial score (nSPS) is 25.9. The lowest BCUT2D eigenvalue weighted by Gasteiger charge is -2.42. The van der Waals surface area contributed by atoms with Crippen molar-refractivity contribution in [3.05, 3.63) is 69.0 Å². The molecule has 2 unspecified atom stereocenters. The topological polar surface area (TPSA) is 261 Å². The molecule has 2 fully saturated rings. The molecule has 1 aromatic heterocycles. The molecule has 10 atom stereocenters. The van der Waals surface area contributed by atoms with Crippen LogP contribution in [0, 0.1) is 11.8 Å². The van der Waals surface area contributed by atoms with Crippen molar-refractivity contribution in [2.45, 2.75) is 108 Å². The summed E-state index contributed by atoms with van der Waals surface area (Å²) in [7, 11) is 1.34. The Morgan fingerprint density at radius 2 is 1.61 bits per heavy atom. The Labute approximate surface area is 365 Å². The first kappa shape index (κ1) is 50.3. The second-order valence-corrected chi connectivity index (χ2v) is 19.1. The molecule has 0 saturated carbocycles. The molecule has 342 valence electrons. The maximum Gasteiger partial charge on any atom is 0.508 e. The Bertz CT molecular complexity index is 1840. The summed E-state index contributed by atoms with van der Waals surface area (Å²) in [5.41, 5.74) is -0.424. The number of hydrogen-bond donors (Lipinski definition) is 8. The molecule has 22 heteroatoms. The molecule has 4 rings (SSSR count). The monoisotopic (exact) mass is 917 g/mol. The van der Waals surface area contributed by atoms with Crippen LogP contribution in [0.3, 0.4) is 0 Å². The lowest BCUT2D eigenvalue weighted by Crippen LogP contribution is -2.64. The van der Waals surface area contributed by atoms with Crippen molar-refractivity contribution in [1.82, 2.24) is 25.5 Å². The molecule has 2 saturated heterocycles. The second kappa shape index (κ2) is 25.7. The average molecular weight is 918 g/mol. The van der Waals surface area contributed by atoms with Gasteiger partial charge in [-0.05, 0) is 55.3 Å². The number of ether oxygens (including phenoxy) is 5. The molecule has 0 aliphatic carbocycles. The Morgan fingerprint density at radius 1 is 0.918 bits per heavy atom. The van der Waals surface area contributed by atoms with E-state index in [0.29, 0.717) is 37.5 Å². The highest BCUT2D eigenvalue weighted by Crippen LogP contribution is 2.51. The Balaban J connectivity index is 1.19. The molecule has 61 heavy (non-hydrogen) atoms. The minimum atomic E-state index is -3.26. The number of rotatable bonds is 24. The van der Waals surface area contributed by atoms with Crippen LogP contribution in [0.25, 0.3) is 0 Å². The van der Waals surface area contributed by atoms with E-state index in [2.05, 4.69) is 20.9 Å². The van der Waals surface area contributed by atoms with Crippen LogP contribution in [-0.4, -0.2) is 130 Å². The number of amides is 1. The van der Waals surface area contributed by atoms with Crippen LogP contribution >= 0.6 is 18.7 Å². The molecule has 2 aliphatic heterocycles. The van der Waals surface area contributed by atoms with Gasteiger partial charge < -0.3 is 64.4 Å². The van der Waals surface area contributed by atoms with Gasteiger partial charge in [-0.25, -0.2) is 9.59 Å². The molecule has 0 spiro atoms. The number of aliphatic hydroxyl groups is 3. The van der Waals surface area contributed by atoms with E-state index in [-0.39, 0.29) is 31.9 Å². The van der Waals surface area contributed by atoms with E-state index in [1.165, 1.54) is 30.9 Å². The van der Waals surface area contributed by atoms with Gasteiger partial charge in [0.05, 0.1) is 12.7 Å². The first-order valence-electron chi connectivity index (χ1n) is 20.4. The van der Waals surface area contributed by atoms with Gasteiger partial charge in [0.15, 0.2) is 17.9 Å². The summed E-state index contributed by atoms with van der Waals surface area (Å²) in [5, 5.41) is 39.4. The largest absolute Gasteiger partial charge is 0.508 e. The number of thiocarbonyl (C=S) groups is 1. The van der Waals surface area contributed by atoms with Crippen LogP contribution in [0.2, 0.25) is 0 Å². The average Bonchev–Trinajstić information content (AvgIpc) is 3.56. The van der Waals surface area contributed by atoms with Crippen LogP contribution in [-0.2, 0) is 51.4 Å². The molecule has 1 aromatic carbocycles. The summed E-state index contributed by atoms with van der Waals surface area (Å²) in [6.07, 6.45) is 0.347. The molecular weight excluding hydrogens is 858 g/mol. The fourth-order valence-corrected chi connectivity index (χ4v) is 9.24. The van der Waals surface area contributed by atoms with Crippen molar-refractivity contribution >= 4 is 47.7 Å². The smallest absolute Gasteiger partial charge is 0.432 e. The highest BCUT2D eigenvalue weighted by Gasteiger charge is 2.48. The fraction of sp³-hybridized carbons (Fsp3) is 0.667. The summed E-state index contributed by atoms with van der Waals surface area (Å²) >= 11 is 10.8. The van der Waals surface area contributed by atoms with E-state index in [9.17, 15) is 39.4 Å². The van der Waals surface area contributed by atoms with E-state index < -0.39 is 85.3 Å². The third kappa shape index (κ3) is 16.4. The first-order valence-corrected chi connectivity index (χ1v) is 23.7. The maximum absolute atomic E-state index is 12.9. The van der Waals surface area contributed by atoms with Gasteiger partial charge in [0, 0.05) is 64.0 Å². The predicted molar refractivity (Wildman–Crippen MR) is 230 cm³/mol. The molecule has 0 radical (unpaired) electrons. The Morgan fingerprint density at radius 3 is 2.28 bits per heavy atom. The minimum Gasteiger partial charge on any atom is -0.432 e. The molecule has 1 amide bonds. The number of hydrogen-bond acceptors (Lipinski definition) is 15. The van der Waals surface area contributed by atoms with Gasteiger partial charge in [-0.2, -0.15) is 0 Å². The summed E-state index contributed by atoms with van der Waals surface area (Å²) < 4.78 is 35.0. The maximum atomic E-state index is 12.9. The van der Waals surface area contributed by atoms with Crippen molar-refractivity contribution in [3.63, 3.8) is 0 Å². The predicted octanol–water partition coefficient (Wildman–Crippen LogP) is 1.51. The van der Waals surface area contributed by atoms with Gasteiger partial charge in [-0.1, -0.05) is 56.0 Å². The van der Waals surface area contributed by atoms with Crippen LogP contribution in [0.5, 0.6) is 0 Å². The number of nitrogens with one attached hydrogen (secondary N) is 4. The number of H-pyrrole nitrogens is 1. The first-order chi connectivity index (χ1) is 29.2. The Hall–Kier alpha value is -3.34. The van der Waals surface area contributed by atoms with E-state index in [1.54, 1.807) is 0 Å². The molecule has 3 heterocycles. The number of carbonyl (C=O) groups is 2. The van der Waals surface area contributed by atoms with Crippen molar-refractivity contribution in [2.75, 3.05) is 46.2 Å². The molecule has 2 aromatic rings. The Kier molecular flexibility index (Phi) is 21.2. The third-order valence-corrected chi connectivity index (χ3v) is 13.2. The van der Waals surface area contributed by atoms with Crippen molar-refractivity contribution < 1.29 is 58.0 Å². The lowest BCUT2D eigenvalue weighted by atomic mass is 9.86. The zero-order valence-electron chi connectivity index (χ0n) is 34.4. The van der Waals surface area contributed by atoms with Gasteiger partial charge >= 0.3 is 11.8 Å². The SMILES string of the molecule is COP(O)(=S)CC1[C@@H](COC(=O)OCc2ccccc2)O[C@@H](n2ccc(=O)[nH]c2=O)[C@H]1CCCCCCCNC(=S)NCCCCO[C@@H]1O[C@H](CO)[C@H](O)[C@H](O)[C@H]1NC(C)=O. The van der Waals surface area contributed by atoms with Crippen molar-refractivity contribution in [2.24, 2.45) is 11.8 Å². The number of aliphatic hydroxyl groups excluding tert-OH is 3. The van der Waals surface area contributed by atoms with E-state index in [1.807, 2.05) is 30.3 Å². The zero-order valence-corrected chi connectivity index (χ0v) is 37.0. The fourth-order valence-electron chi connectivity index (χ4n) is 7.33. The summed E-state index contributed by atoms with van der Waals surface area (Å²) in [6, 6.07) is 9.38. The van der Waals surface area contributed by atoms with Crippen molar-refractivity contribution in [1.29, 1.82) is 0 Å². The van der Waals surface area contributed by atoms with Crippen LogP contribution in [0.4, 0.5) is 4.79 Å². The van der Waals surface area contributed by atoms with Gasteiger partial charge in [-0.3, -0.25) is 19.1 Å². The van der Waals surface area contributed by atoms with Gasteiger partial charge in [-0.15, -0.1) is 0 Å². The number of unbranched alkanes of at least 4 members (excludes halogenated alkanes) is 5. The van der Waals surface area contributed by atoms with E-state index >= 15 is 0 Å². The van der Waals surface area contributed by atoms with Crippen LogP contribution in [0.15, 0.2) is 52.2 Å². The van der Waals surface area contributed by atoms with Crippen molar-refractivity contribution in [3.8, 4) is 0 Å². The van der Waals surface area contributed by atoms with E-state index in [4.69, 9.17) is 52.2 Å². The summed E-state index contributed by atoms with van der Waals surface area (Å²) in [4.78, 5) is 62.2. The van der Waals surface area contributed by atoms with Crippen LogP contribution < -0.4 is 27.2 Å². The van der Waals surface area contributed by atoms with Crippen LogP contribution in [0.1, 0.15) is 70.1 Å². The number of nitrogens with zero attached hydrogens (tertiary/aromatic N) is 1. The standard InChI is InChI=1S/C39H60N5O14PS2/c1-25(46)42-32-34(49)33(48)29(21-45)58-36(32)54-20-12-11-18-41-37(60)40-17-10-5-3-4-9-15-27-28(24-59(52,61)53-2)30(57-35(27)44-19-16-31(47)43-38(44)50)23-56-39(51)55-22-26-13-7-6-8-14-26/h6-8,13-14,16,19,27-30,32-36,45,48-49H,3-5,9-12,15,17-18,20-24H2,1-2H3,(H,42,46)(H,52,61)(H2,40,41,60)(H,43,47,50)/t27-,28?,29+,30+,32+,33-,34+,35+,36+,59?/m0/s1. The number of carbonyl (C=O) groups excluding carboxylic acids is 2. The number of benzene rings is 1. The highest BCUT2D eigenvalue weighted by atomic mass is 32.5. The van der Waals surface area contributed by atoms with Gasteiger partial charge in [0.2, 0.25) is 5.91 Å². The molecular formula is C39H60N5O14PS2. The summed E-state index contributed by atoms with van der Waals surface area (Å²) in [6.45, 7) is -1.21. The molecule has 2 aliphatic rings. The number of aromatic nitrogens is 2. The highest BCUT2D eigenvalue weighted by molar-refractivity contribution is 8.09. The lowest BCUT2D eigenvalue weighted by molar-refractivity contribution is -0.270. The molecule has 19 nitrogen and oxygen atoms in total. The zero-order chi connectivity index (χ0) is 44.4. The molecule has 8 N–H and O–H groups in total. The van der Waals surface area contributed by atoms with Gasteiger partial charge in [0.25, 0.3) is 5.56 Å². The van der Waals surface area contributed by atoms with Gasteiger partial charge in [0.1, 0.15) is 43.8 Å². The summed E-state index contributed by atoms with van der Waals surface area (Å²) in [5.74, 6) is -1.22. The molecule has 0 bridgehead atoms. The second-order valence-electron chi connectivity index (χ2n) is 15.0. The third-order valence-electron chi connectivity index (χ3n) is 10.5. The van der Waals surface area contributed by atoms with E-state index in [0.717, 1.165) is 37.7 Å². The number of aromatic amines is 1. The minimum absolute atomic E-state index is 0.0163.